The third kappa shape index (κ3) is 3.46. The van der Waals surface area contributed by atoms with Crippen LogP contribution >= 0.6 is 11.3 Å². The van der Waals surface area contributed by atoms with E-state index in [9.17, 15) is 23.3 Å². The number of nitro groups is 1. The third-order valence-corrected chi connectivity index (χ3v) is 5.43. The number of carboxylic acids is 1. The Bertz CT molecular complexity index is 904. The summed E-state index contributed by atoms with van der Waals surface area (Å²) >= 11 is 0.668. The van der Waals surface area contributed by atoms with Crippen molar-refractivity contribution in [2.24, 2.45) is 0 Å². The molecule has 2 rings (SSSR count). The number of nitrogens with zero attached hydrogens (tertiary/aromatic N) is 2. The van der Waals surface area contributed by atoms with Crippen molar-refractivity contribution in [2.75, 3.05) is 4.72 Å². The molecule has 0 aliphatic heterocycles. The number of sulfonamides is 1. The Morgan fingerprint density at radius 1 is 1.39 bits per heavy atom. The van der Waals surface area contributed by atoms with E-state index in [-0.39, 0.29) is 26.3 Å². The van der Waals surface area contributed by atoms with Crippen molar-refractivity contribution in [1.29, 1.82) is 0 Å². The number of aryl methyl sites for hydroxylation is 2. The van der Waals surface area contributed by atoms with Gasteiger partial charge in [-0.2, -0.15) is 0 Å². The molecule has 0 spiro atoms. The summed E-state index contributed by atoms with van der Waals surface area (Å²) in [6, 6.07) is 3.49. The molecule has 1 aromatic carbocycles. The Morgan fingerprint density at radius 3 is 2.57 bits per heavy atom. The molecule has 23 heavy (non-hydrogen) atoms. The minimum absolute atomic E-state index is 0.0856. The zero-order chi connectivity index (χ0) is 17.4. The van der Waals surface area contributed by atoms with E-state index in [2.05, 4.69) is 9.71 Å². The molecule has 0 aliphatic rings. The maximum absolute atomic E-state index is 12.3. The van der Waals surface area contributed by atoms with E-state index >= 15 is 0 Å². The highest BCUT2D eigenvalue weighted by molar-refractivity contribution is 7.93. The second-order valence-corrected chi connectivity index (χ2v) is 7.23. The van der Waals surface area contributed by atoms with E-state index in [1.807, 2.05) is 0 Å². The van der Waals surface area contributed by atoms with Gasteiger partial charge < -0.3 is 5.11 Å². The van der Waals surface area contributed by atoms with E-state index in [0.717, 1.165) is 6.07 Å². The Hall–Kier alpha value is -2.53. The van der Waals surface area contributed by atoms with E-state index < -0.39 is 20.9 Å². The molecule has 9 nitrogen and oxygen atoms in total. The lowest BCUT2D eigenvalue weighted by Crippen LogP contribution is -2.13. The van der Waals surface area contributed by atoms with Gasteiger partial charge >= 0.3 is 5.97 Å². The van der Waals surface area contributed by atoms with Gasteiger partial charge in [0.2, 0.25) is 0 Å². The van der Waals surface area contributed by atoms with Crippen LogP contribution in [0.15, 0.2) is 23.1 Å². The van der Waals surface area contributed by atoms with E-state index in [1.165, 1.54) is 26.0 Å². The highest BCUT2D eigenvalue weighted by Gasteiger charge is 2.22. The predicted molar refractivity (Wildman–Crippen MR) is 82.5 cm³/mol. The molecule has 0 bridgehead atoms. The molecule has 2 N–H and O–H groups in total. The Morgan fingerprint density at radius 2 is 2.04 bits per heavy atom. The van der Waals surface area contributed by atoms with Crippen LogP contribution in [0.5, 0.6) is 0 Å². The van der Waals surface area contributed by atoms with Crippen LogP contribution in [0.2, 0.25) is 0 Å². The second-order valence-electron chi connectivity index (χ2n) is 4.55. The summed E-state index contributed by atoms with van der Waals surface area (Å²) in [6.07, 6.45) is 0. The zero-order valence-electron chi connectivity index (χ0n) is 11.9. The molecular formula is C12H11N3O6S2. The number of thiazole rings is 1. The fourth-order valence-corrected chi connectivity index (χ4v) is 3.83. The average molecular weight is 357 g/mol. The van der Waals surface area contributed by atoms with Crippen molar-refractivity contribution in [1.82, 2.24) is 4.98 Å². The number of hydrogen-bond acceptors (Lipinski definition) is 7. The van der Waals surface area contributed by atoms with Gasteiger partial charge in [0.1, 0.15) is 4.88 Å². The number of aromatic nitrogens is 1. The molecule has 1 aromatic heterocycles. The highest BCUT2D eigenvalue weighted by atomic mass is 32.2. The van der Waals surface area contributed by atoms with E-state index in [1.54, 1.807) is 0 Å². The first kappa shape index (κ1) is 16.8. The van der Waals surface area contributed by atoms with Crippen LogP contribution in [0.25, 0.3) is 0 Å². The minimum Gasteiger partial charge on any atom is -0.477 e. The lowest BCUT2D eigenvalue weighted by molar-refractivity contribution is -0.385. The van der Waals surface area contributed by atoms with Gasteiger partial charge in [0.05, 0.1) is 15.5 Å². The van der Waals surface area contributed by atoms with Gasteiger partial charge in [-0.05, 0) is 19.9 Å². The van der Waals surface area contributed by atoms with Crippen LogP contribution in [0.4, 0.5) is 10.8 Å². The molecule has 0 aliphatic carbocycles. The number of nitro benzene ring substituents is 1. The first-order valence-electron chi connectivity index (χ1n) is 6.10. The fourth-order valence-electron chi connectivity index (χ4n) is 1.77. The van der Waals surface area contributed by atoms with E-state index in [4.69, 9.17) is 5.11 Å². The highest BCUT2D eigenvalue weighted by Crippen LogP contribution is 2.27. The lowest BCUT2D eigenvalue weighted by atomic mass is 10.2. The van der Waals surface area contributed by atoms with E-state index in [0.29, 0.717) is 16.9 Å². The number of benzene rings is 1. The number of carbonyl (C=O) groups is 1. The van der Waals surface area contributed by atoms with Crippen molar-refractivity contribution < 1.29 is 23.2 Å². The summed E-state index contributed by atoms with van der Waals surface area (Å²) < 4.78 is 26.7. The number of aromatic carboxylic acids is 1. The predicted octanol–water partition coefficient (Wildman–Crippen LogP) is 2.17. The smallest absolute Gasteiger partial charge is 0.347 e. The summed E-state index contributed by atoms with van der Waals surface area (Å²) in [4.78, 5) is 24.6. The summed E-state index contributed by atoms with van der Waals surface area (Å²) in [6.45, 7) is 2.93. The van der Waals surface area contributed by atoms with Gasteiger partial charge in [0, 0.05) is 11.6 Å². The summed E-state index contributed by atoms with van der Waals surface area (Å²) in [5.41, 5.74) is 0.178. The lowest BCUT2D eigenvalue weighted by Gasteiger charge is -2.06. The zero-order valence-corrected chi connectivity index (χ0v) is 13.6. The number of anilines is 1. The van der Waals surface area contributed by atoms with Crippen LogP contribution in [-0.4, -0.2) is 29.4 Å². The largest absolute Gasteiger partial charge is 0.477 e. The standard InChI is InChI=1S/C12H11N3O6S2/c1-6-3-4-8(5-9(6)15(18)19)23(20,21)14-12-13-7(2)10(22-12)11(16)17/h3-5H,1-2H3,(H,13,14)(H,16,17). The molecule has 11 heteroatoms. The summed E-state index contributed by atoms with van der Waals surface area (Å²) in [5, 5.41) is 19.7. The van der Waals surface area contributed by atoms with Gasteiger partial charge in [-0.25, -0.2) is 18.2 Å². The minimum atomic E-state index is -4.11. The Balaban J connectivity index is 2.40. The maximum Gasteiger partial charge on any atom is 0.347 e. The number of carboxylic acid groups (broad SMARTS) is 1. The Kier molecular flexibility index (Phi) is 4.34. The normalized spacial score (nSPS) is 11.2. The van der Waals surface area contributed by atoms with Crippen LogP contribution in [-0.2, 0) is 10.0 Å². The molecule has 122 valence electrons. The van der Waals surface area contributed by atoms with Crippen molar-refractivity contribution in [2.45, 2.75) is 18.7 Å². The van der Waals surface area contributed by atoms with Crippen LogP contribution in [0, 0.1) is 24.0 Å². The molecule has 0 atom stereocenters. The molecule has 0 saturated heterocycles. The molecular weight excluding hydrogens is 346 g/mol. The topological polar surface area (TPSA) is 140 Å². The fraction of sp³-hybridized carbons (Fsp3) is 0.167. The average Bonchev–Trinajstić information content (AvgIpc) is 2.78. The number of rotatable bonds is 5. The SMILES string of the molecule is Cc1ccc(S(=O)(=O)Nc2nc(C)c(C(=O)O)s2)cc1[N+](=O)[O-]. The first-order chi connectivity index (χ1) is 10.6. The molecule has 0 saturated carbocycles. The van der Waals surface area contributed by atoms with Crippen LogP contribution in [0.3, 0.4) is 0 Å². The number of nitrogens with one attached hydrogen (secondary N) is 1. The summed E-state index contributed by atoms with van der Waals surface area (Å²) in [5.74, 6) is -1.21. The maximum atomic E-state index is 12.3. The van der Waals surface area contributed by atoms with Crippen molar-refractivity contribution >= 4 is 38.1 Å². The van der Waals surface area contributed by atoms with Crippen molar-refractivity contribution in [3.8, 4) is 0 Å². The van der Waals surface area contributed by atoms with Crippen molar-refractivity contribution in [3.05, 3.63) is 44.4 Å². The van der Waals surface area contributed by atoms with Gasteiger partial charge in [0.15, 0.2) is 5.13 Å². The molecule has 1 heterocycles. The molecule has 0 fully saturated rings. The molecule has 0 unspecified atom stereocenters. The molecule has 2 aromatic rings. The van der Waals surface area contributed by atoms with Gasteiger partial charge in [-0.1, -0.05) is 17.4 Å². The third-order valence-electron chi connectivity index (χ3n) is 2.90. The summed E-state index contributed by atoms with van der Waals surface area (Å²) in [7, 11) is -4.11. The Labute approximate surface area is 134 Å². The molecule has 0 radical (unpaired) electrons. The van der Waals surface area contributed by atoms with Crippen LogP contribution < -0.4 is 4.72 Å². The van der Waals surface area contributed by atoms with Crippen molar-refractivity contribution in [3.63, 3.8) is 0 Å². The quantitative estimate of drug-likeness (QED) is 0.617. The van der Waals surface area contributed by atoms with Crippen LogP contribution in [0.1, 0.15) is 20.9 Å². The van der Waals surface area contributed by atoms with Gasteiger partial charge in [-0.3, -0.25) is 14.8 Å². The van der Waals surface area contributed by atoms with Gasteiger partial charge in [-0.15, -0.1) is 0 Å². The second kappa shape index (κ2) is 5.93. The van der Waals surface area contributed by atoms with Gasteiger partial charge in [0.25, 0.3) is 15.7 Å². The first-order valence-corrected chi connectivity index (χ1v) is 8.40. The monoisotopic (exact) mass is 357 g/mol. The number of hydrogen-bond donors (Lipinski definition) is 2. The molecule has 0 amide bonds.